The van der Waals surface area contributed by atoms with E-state index in [0.717, 1.165) is 32.4 Å². The van der Waals surface area contributed by atoms with Crippen molar-refractivity contribution >= 4 is 0 Å². The van der Waals surface area contributed by atoms with Gasteiger partial charge in [-0.3, -0.25) is 4.90 Å². The highest BCUT2D eigenvalue weighted by Gasteiger charge is 2.26. The molecule has 0 spiro atoms. The van der Waals surface area contributed by atoms with E-state index in [1.807, 2.05) is 4.90 Å². The van der Waals surface area contributed by atoms with E-state index in [0.29, 0.717) is 12.1 Å². The van der Waals surface area contributed by atoms with Gasteiger partial charge in [-0.1, -0.05) is 6.42 Å². The van der Waals surface area contributed by atoms with Crippen molar-refractivity contribution in [2.75, 3.05) is 19.6 Å². The predicted octanol–water partition coefficient (Wildman–Crippen LogP) is 2.59. The summed E-state index contributed by atoms with van der Waals surface area (Å²) in [5.74, 6) is -2.61. The second-order valence-electron chi connectivity index (χ2n) is 4.63. The van der Waals surface area contributed by atoms with Gasteiger partial charge < -0.3 is 5.73 Å². The van der Waals surface area contributed by atoms with Crippen LogP contribution in [0.1, 0.15) is 30.9 Å². The molecule has 1 aromatic rings. The van der Waals surface area contributed by atoms with Gasteiger partial charge in [-0.2, -0.15) is 0 Å². The lowest BCUT2D eigenvalue weighted by Gasteiger charge is -2.34. The Morgan fingerprint density at radius 3 is 2.11 bits per heavy atom. The summed E-state index contributed by atoms with van der Waals surface area (Å²) in [6.07, 6.45) is 3.13. The number of nitrogens with two attached hydrogens (primary N) is 1. The van der Waals surface area contributed by atoms with Crippen LogP contribution in [0.15, 0.2) is 12.1 Å². The number of hydrogen-bond donors (Lipinski definition) is 1. The van der Waals surface area contributed by atoms with Gasteiger partial charge in [-0.05, 0) is 25.9 Å². The van der Waals surface area contributed by atoms with E-state index in [1.54, 1.807) is 0 Å². The van der Waals surface area contributed by atoms with E-state index in [1.165, 1.54) is 0 Å². The number of nitrogens with zero attached hydrogens (tertiary/aromatic N) is 1. The fourth-order valence-corrected chi connectivity index (χ4v) is 2.55. The maximum atomic E-state index is 13.7. The van der Waals surface area contributed by atoms with E-state index >= 15 is 0 Å². The van der Waals surface area contributed by atoms with Crippen molar-refractivity contribution in [2.45, 2.75) is 25.3 Å². The fraction of sp³-hybridized carbons (Fsp3) is 0.538. The normalized spacial score (nSPS) is 18.9. The second kappa shape index (κ2) is 5.71. The van der Waals surface area contributed by atoms with E-state index in [4.69, 9.17) is 5.73 Å². The van der Waals surface area contributed by atoms with E-state index in [2.05, 4.69) is 0 Å². The molecule has 0 aromatic heterocycles. The Hall–Kier alpha value is -1.07. The number of benzene rings is 1. The first-order valence-corrected chi connectivity index (χ1v) is 6.22. The summed E-state index contributed by atoms with van der Waals surface area (Å²) in [4.78, 5) is 1.98. The molecule has 2 nitrogen and oxygen atoms in total. The molecular formula is C13H17F3N2. The monoisotopic (exact) mass is 258 g/mol. The van der Waals surface area contributed by atoms with Crippen LogP contribution in [0.25, 0.3) is 0 Å². The molecule has 1 aliphatic rings. The largest absolute Gasteiger partial charge is 0.329 e. The maximum absolute atomic E-state index is 13.7. The summed E-state index contributed by atoms with van der Waals surface area (Å²) in [5, 5.41) is 0. The minimum absolute atomic E-state index is 0.110. The van der Waals surface area contributed by atoms with Gasteiger partial charge in [0, 0.05) is 24.2 Å². The highest BCUT2D eigenvalue weighted by atomic mass is 19.1. The van der Waals surface area contributed by atoms with Crippen LogP contribution < -0.4 is 5.73 Å². The van der Waals surface area contributed by atoms with Crippen LogP contribution in [-0.4, -0.2) is 24.5 Å². The molecule has 0 aliphatic carbocycles. The van der Waals surface area contributed by atoms with Crippen molar-refractivity contribution in [3.8, 4) is 0 Å². The first-order chi connectivity index (χ1) is 8.63. The number of rotatable bonds is 3. The zero-order valence-corrected chi connectivity index (χ0v) is 10.1. The van der Waals surface area contributed by atoms with Gasteiger partial charge in [-0.25, -0.2) is 13.2 Å². The molecule has 1 saturated heterocycles. The molecule has 2 rings (SSSR count). The first-order valence-electron chi connectivity index (χ1n) is 6.22. The molecule has 5 heteroatoms. The minimum atomic E-state index is -0.900. The molecule has 0 radical (unpaired) electrons. The lowest BCUT2D eigenvalue weighted by Crippen LogP contribution is -2.38. The zero-order valence-electron chi connectivity index (χ0n) is 10.1. The zero-order chi connectivity index (χ0) is 13.1. The van der Waals surface area contributed by atoms with Crippen LogP contribution in [0.4, 0.5) is 13.2 Å². The van der Waals surface area contributed by atoms with Crippen molar-refractivity contribution in [1.82, 2.24) is 4.90 Å². The third-order valence-electron chi connectivity index (χ3n) is 3.43. The Bertz CT molecular complexity index is 394. The minimum Gasteiger partial charge on any atom is -0.329 e. The molecule has 0 bridgehead atoms. The molecule has 18 heavy (non-hydrogen) atoms. The number of likely N-dealkylation sites (tertiary alicyclic amines) is 1. The van der Waals surface area contributed by atoms with Gasteiger partial charge in [0.05, 0.1) is 6.04 Å². The van der Waals surface area contributed by atoms with Crippen molar-refractivity contribution in [3.63, 3.8) is 0 Å². The van der Waals surface area contributed by atoms with E-state index < -0.39 is 23.5 Å². The maximum Gasteiger partial charge on any atom is 0.133 e. The summed E-state index contributed by atoms with van der Waals surface area (Å²) in [6, 6.07) is 0.918. The number of piperidine rings is 1. The van der Waals surface area contributed by atoms with Gasteiger partial charge in [0.1, 0.15) is 17.5 Å². The third kappa shape index (κ3) is 2.67. The molecule has 1 fully saturated rings. The van der Waals surface area contributed by atoms with Gasteiger partial charge in [0.15, 0.2) is 0 Å². The smallest absolute Gasteiger partial charge is 0.133 e. The highest BCUT2D eigenvalue weighted by molar-refractivity contribution is 5.25. The molecule has 0 amide bonds. The van der Waals surface area contributed by atoms with E-state index in [-0.39, 0.29) is 12.1 Å². The Labute approximate surface area is 105 Å². The molecular weight excluding hydrogens is 241 g/mol. The molecule has 1 aromatic carbocycles. The van der Waals surface area contributed by atoms with Crippen LogP contribution in [-0.2, 0) is 0 Å². The summed E-state index contributed by atoms with van der Waals surface area (Å²) in [7, 11) is 0. The van der Waals surface area contributed by atoms with E-state index in [9.17, 15) is 13.2 Å². The standard InChI is InChI=1S/C13H17F3N2/c14-9-6-10(15)13(11(16)7-9)12(8-17)18-4-2-1-3-5-18/h6-7,12H,1-5,8,17H2. The van der Waals surface area contributed by atoms with Crippen LogP contribution >= 0.6 is 0 Å². The van der Waals surface area contributed by atoms with Crippen molar-refractivity contribution < 1.29 is 13.2 Å². The molecule has 0 saturated carbocycles. The summed E-state index contributed by atoms with van der Waals surface area (Å²) < 4.78 is 40.4. The SMILES string of the molecule is NCC(c1c(F)cc(F)cc1F)N1CCCCC1. The number of hydrogen-bond acceptors (Lipinski definition) is 2. The number of halogens is 3. The molecule has 1 atom stereocenters. The molecule has 100 valence electrons. The lowest BCUT2D eigenvalue weighted by molar-refractivity contribution is 0.161. The first kappa shape index (κ1) is 13.4. The average Bonchev–Trinajstić information content (AvgIpc) is 2.34. The molecule has 1 heterocycles. The van der Waals surface area contributed by atoms with Crippen molar-refractivity contribution in [1.29, 1.82) is 0 Å². The quantitative estimate of drug-likeness (QED) is 0.903. The fourth-order valence-electron chi connectivity index (χ4n) is 2.55. The Morgan fingerprint density at radius 2 is 1.61 bits per heavy atom. The topological polar surface area (TPSA) is 29.3 Å². The third-order valence-corrected chi connectivity index (χ3v) is 3.43. The second-order valence-corrected chi connectivity index (χ2v) is 4.63. The Balaban J connectivity index is 2.32. The highest BCUT2D eigenvalue weighted by Crippen LogP contribution is 2.28. The molecule has 1 aliphatic heterocycles. The van der Waals surface area contributed by atoms with Gasteiger partial charge >= 0.3 is 0 Å². The summed E-state index contributed by atoms with van der Waals surface area (Å²) >= 11 is 0. The Kier molecular flexibility index (Phi) is 4.24. The van der Waals surface area contributed by atoms with Crippen LogP contribution in [0, 0.1) is 17.5 Å². The van der Waals surface area contributed by atoms with Crippen LogP contribution in [0.3, 0.4) is 0 Å². The van der Waals surface area contributed by atoms with Crippen molar-refractivity contribution in [2.24, 2.45) is 5.73 Å². The van der Waals surface area contributed by atoms with Gasteiger partial charge in [0.25, 0.3) is 0 Å². The van der Waals surface area contributed by atoms with Gasteiger partial charge in [0.2, 0.25) is 0 Å². The molecule has 1 unspecified atom stereocenters. The lowest BCUT2D eigenvalue weighted by atomic mass is 10.0. The Morgan fingerprint density at radius 1 is 1.06 bits per heavy atom. The van der Waals surface area contributed by atoms with Gasteiger partial charge in [-0.15, -0.1) is 0 Å². The molecule has 2 N–H and O–H groups in total. The van der Waals surface area contributed by atoms with Crippen LogP contribution in [0.5, 0.6) is 0 Å². The van der Waals surface area contributed by atoms with Crippen LogP contribution in [0.2, 0.25) is 0 Å². The average molecular weight is 258 g/mol. The summed E-state index contributed by atoms with van der Waals surface area (Å²) in [6.45, 7) is 1.68. The van der Waals surface area contributed by atoms with Crippen molar-refractivity contribution in [3.05, 3.63) is 35.1 Å². The summed E-state index contributed by atoms with van der Waals surface area (Å²) in [5.41, 5.74) is 5.53. The predicted molar refractivity (Wildman–Crippen MR) is 63.5 cm³/mol.